The molecule has 1 unspecified atom stereocenters. The Labute approximate surface area is 116 Å². The van der Waals surface area contributed by atoms with Gasteiger partial charge in [-0.15, -0.1) is 0 Å². The van der Waals surface area contributed by atoms with E-state index in [0.29, 0.717) is 13.2 Å². The van der Waals surface area contributed by atoms with Crippen molar-refractivity contribution < 1.29 is 28.9 Å². The molecule has 20 heavy (non-hydrogen) atoms. The summed E-state index contributed by atoms with van der Waals surface area (Å²) in [7, 11) is 0. The van der Waals surface area contributed by atoms with E-state index in [1.54, 1.807) is 20.8 Å². The first-order valence-electron chi connectivity index (χ1n) is 6.43. The minimum Gasteiger partial charge on any atom is -0.478 e. The molecule has 2 N–H and O–H groups in total. The van der Waals surface area contributed by atoms with Gasteiger partial charge in [-0.3, -0.25) is 0 Å². The second-order valence-corrected chi connectivity index (χ2v) is 5.81. The number of hydrogen-bond donors (Lipinski definition) is 2. The number of aliphatic carboxylic acids is 1. The van der Waals surface area contributed by atoms with Gasteiger partial charge in [0, 0.05) is 12.0 Å². The van der Waals surface area contributed by atoms with Crippen LogP contribution in [0.4, 0.5) is 4.79 Å². The highest BCUT2D eigenvalue weighted by molar-refractivity contribution is 5.88. The Morgan fingerprint density at radius 1 is 1.40 bits per heavy atom. The Hall–Kier alpha value is -1.60. The van der Waals surface area contributed by atoms with Crippen molar-refractivity contribution in [3.05, 3.63) is 11.6 Å². The lowest BCUT2D eigenvalue weighted by Crippen LogP contribution is -2.51. The number of nitrogens with one attached hydrogen (secondary N) is 1. The van der Waals surface area contributed by atoms with Crippen LogP contribution < -0.4 is 5.32 Å². The number of rotatable bonds is 2. The molecule has 0 radical (unpaired) electrons. The summed E-state index contributed by atoms with van der Waals surface area (Å²) in [6.07, 6.45) is 0.907. The van der Waals surface area contributed by atoms with E-state index in [4.69, 9.17) is 19.3 Å². The van der Waals surface area contributed by atoms with Gasteiger partial charge in [0.25, 0.3) is 0 Å². The zero-order valence-electron chi connectivity index (χ0n) is 11.8. The van der Waals surface area contributed by atoms with Gasteiger partial charge in [0.1, 0.15) is 11.6 Å². The molecule has 1 heterocycles. The van der Waals surface area contributed by atoms with Crippen LogP contribution in [0.1, 0.15) is 27.2 Å². The molecule has 0 bridgehead atoms. The summed E-state index contributed by atoms with van der Waals surface area (Å²) >= 11 is 0. The summed E-state index contributed by atoms with van der Waals surface area (Å²) in [5.74, 6) is -2.16. The molecule has 1 amide bonds. The number of hydrogen-bond acceptors (Lipinski definition) is 5. The van der Waals surface area contributed by atoms with Crippen LogP contribution in [0.5, 0.6) is 0 Å². The highest BCUT2D eigenvalue weighted by atomic mass is 16.7. The second-order valence-electron chi connectivity index (χ2n) is 5.81. The third-order valence-electron chi connectivity index (χ3n) is 3.00. The molecule has 1 aliphatic carbocycles. The maximum absolute atomic E-state index is 11.8. The third kappa shape index (κ3) is 3.10. The standard InChI is InChI=1S/C13H19NO6/c1-12(2,3)20-11(17)14-9-6-8(10(15)16)7-13(9)18-4-5-19-13/h6,9H,4-5,7H2,1-3H3,(H,14,17)(H,15,16). The molecule has 1 fully saturated rings. The number of alkyl carbamates (subject to hydrolysis) is 1. The Balaban J connectivity index is 2.10. The minimum absolute atomic E-state index is 0.1000. The normalized spacial score (nSPS) is 24.6. The number of ether oxygens (including phenoxy) is 3. The molecular formula is C13H19NO6. The smallest absolute Gasteiger partial charge is 0.408 e. The third-order valence-corrected chi connectivity index (χ3v) is 3.00. The Bertz CT molecular complexity index is 444. The predicted octanol–water partition coefficient (Wildman–Crippen LogP) is 1.04. The molecule has 2 rings (SSSR count). The van der Waals surface area contributed by atoms with Crippen molar-refractivity contribution in [2.24, 2.45) is 0 Å². The Morgan fingerprint density at radius 2 is 2.00 bits per heavy atom. The molecule has 7 nitrogen and oxygen atoms in total. The summed E-state index contributed by atoms with van der Waals surface area (Å²) in [5, 5.41) is 11.7. The fraction of sp³-hybridized carbons (Fsp3) is 0.692. The van der Waals surface area contributed by atoms with Gasteiger partial charge < -0.3 is 24.6 Å². The fourth-order valence-electron chi connectivity index (χ4n) is 2.25. The van der Waals surface area contributed by atoms with Gasteiger partial charge >= 0.3 is 12.1 Å². The minimum atomic E-state index is -1.12. The average Bonchev–Trinajstić information content (AvgIpc) is 2.86. The largest absolute Gasteiger partial charge is 0.478 e. The van der Waals surface area contributed by atoms with Crippen molar-refractivity contribution in [3.63, 3.8) is 0 Å². The van der Waals surface area contributed by atoms with Crippen molar-refractivity contribution in [2.75, 3.05) is 13.2 Å². The van der Waals surface area contributed by atoms with Crippen LogP contribution in [0.15, 0.2) is 11.6 Å². The molecule has 0 saturated carbocycles. The Kier molecular flexibility index (Phi) is 3.75. The van der Waals surface area contributed by atoms with E-state index in [1.165, 1.54) is 6.08 Å². The molecule has 0 aromatic rings. The van der Waals surface area contributed by atoms with Crippen molar-refractivity contribution in [2.45, 2.75) is 44.6 Å². The van der Waals surface area contributed by atoms with Crippen LogP contribution >= 0.6 is 0 Å². The predicted molar refractivity (Wildman–Crippen MR) is 68.1 cm³/mol. The summed E-state index contributed by atoms with van der Waals surface area (Å²) in [4.78, 5) is 22.9. The van der Waals surface area contributed by atoms with Crippen molar-refractivity contribution >= 4 is 12.1 Å². The van der Waals surface area contributed by atoms with E-state index < -0.39 is 29.5 Å². The number of amides is 1. The maximum Gasteiger partial charge on any atom is 0.408 e. The summed E-state index contributed by atoms with van der Waals surface area (Å²) in [6.45, 7) is 5.98. The van der Waals surface area contributed by atoms with E-state index in [0.717, 1.165) is 0 Å². The molecule has 0 aromatic heterocycles. The molecule has 7 heteroatoms. The molecule has 1 saturated heterocycles. The highest BCUT2D eigenvalue weighted by Gasteiger charge is 2.50. The van der Waals surface area contributed by atoms with E-state index in [1.807, 2.05) is 0 Å². The van der Waals surface area contributed by atoms with Gasteiger partial charge in [-0.05, 0) is 26.8 Å². The molecule has 1 aliphatic heterocycles. The van der Waals surface area contributed by atoms with Gasteiger partial charge in [-0.1, -0.05) is 0 Å². The van der Waals surface area contributed by atoms with Crippen LogP contribution in [0.3, 0.4) is 0 Å². The lowest BCUT2D eigenvalue weighted by atomic mass is 10.1. The zero-order valence-corrected chi connectivity index (χ0v) is 11.8. The SMILES string of the molecule is CC(C)(C)OC(=O)NC1C=C(C(=O)O)CC12OCCO2. The lowest BCUT2D eigenvalue weighted by molar-refractivity contribution is -0.163. The summed E-state index contributed by atoms with van der Waals surface area (Å²) < 4.78 is 16.2. The summed E-state index contributed by atoms with van der Waals surface area (Å²) in [6, 6.07) is -0.675. The molecule has 0 aromatic carbocycles. The summed E-state index contributed by atoms with van der Waals surface area (Å²) in [5.41, 5.74) is -0.472. The van der Waals surface area contributed by atoms with Crippen LogP contribution in [0, 0.1) is 0 Å². The van der Waals surface area contributed by atoms with E-state index in [9.17, 15) is 9.59 Å². The number of carbonyl (C=O) groups excluding carboxylic acids is 1. The van der Waals surface area contributed by atoms with Crippen molar-refractivity contribution in [3.8, 4) is 0 Å². The first-order valence-corrected chi connectivity index (χ1v) is 6.43. The molecular weight excluding hydrogens is 266 g/mol. The van der Waals surface area contributed by atoms with E-state index in [-0.39, 0.29) is 12.0 Å². The van der Waals surface area contributed by atoms with Crippen LogP contribution in [-0.4, -0.2) is 47.8 Å². The quantitative estimate of drug-likeness (QED) is 0.787. The van der Waals surface area contributed by atoms with Crippen LogP contribution in [-0.2, 0) is 19.0 Å². The number of carboxylic acids is 1. The van der Waals surface area contributed by atoms with Gasteiger partial charge in [0.15, 0.2) is 5.79 Å². The number of carboxylic acid groups (broad SMARTS) is 1. The highest BCUT2D eigenvalue weighted by Crippen LogP contribution is 2.37. The first kappa shape index (κ1) is 14.8. The van der Waals surface area contributed by atoms with Crippen molar-refractivity contribution in [1.29, 1.82) is 0 Å². The topological polar surface area (TPSA) is 94.1 Å². The average molecular weight is 285 g/mol. The first-order chi connectivity index (χ1) is 9.22. The van der Waals surface area contributed by atoms with Crippen LogP contribution in [0.25, 0.3) is 0 Å². The molecule has 1 atom stereocenters. The van der Waals surface area contributed by atoms with E-state index in [2.05, 4.69) is 5.32 Å². The van der Waals surface area contributed by atoms with Gasteiger partial charge in [-0.2, -0.15) is 0 Å². The monoisotopic (exact) mass is 285 g/mol. The molecule has 2 aliphatic rings. The van der Waals surface area contributed by atoms with Crippen molar-refractivity contribution in [1.82, 2.24) is 5.32 Å². The fourth-order valence-corrected chi connectivity index (χ4v) is 2.25. The number of carbonyl (C=O) groups is 2. The van der Waals surface area contributed by atoms with E-state index >= 15 is 0 Å². The zero-order chi connectivity index (χ0) is 15.0. The Morgan fingerprint density at radius 3 is 2.50 bits per heavy atom. The maximum atomic E-state index is 11.8. The molecule has 1 spiro atoms. The molecule has 112 valence electrons. The second kappa shape index (κ2) is 5.06. The van der Waals surface area contributed by atoms with Crippen LogP contribution in [0.2, 0.25) is 0 Å². The lowest BCUT2D eigenvalue weighted by Gasteiger charge is -2.30. The van der Waals surface area contributed by atoms with Gasteiger partial charge in [-0.25, -0.2) is 9.59 Å². The van der Waals surface area contributed by atoms with Gasteiger partial charge in [0.2, 0.25) is 0 Å². The van der Waals surface area contributed by atoms with Gasteiger partial charge in [0.05, 0.1) is 13.2 Å².